The molecule has 4 nitrogen and oxygen atoms in total. The minimum absolute atomic E-state index is 0.0429. The first kappa shape index (κ1) is 18.8. The quantitative estimate of drug-likeness (QED) is 0.389. The van der Waals surface area contributed by atoms with Crippen molar-refractivity contribution in [3.63, 3.8) is 0 Å². The van der Waals surface area contributed by atoms with Crippen LogP contribution in [-0.4, -0.2) is 24.9 Å². The molecular weight excluding hydrogens is 349 g/mol. The first-order chi connectivity index (χ1) is 11.6. The van der Waals surface area contributed by atoms with Gasteiger partial charge in [-0.1, -0.05) is 40.8 Å². The average Bonchev–Trinajstić information content (AvgIpc) is 2.57. The first-order valence-electron chi connectivity index (χ1n) is 8.10. The Hall–Kier alpha value is -1.52. The number of hydrogen-bond acceptors (Lipinski definition) is 4. The molecule has 0 aliphatic heterocycles. The third kappa shape index (κ3) is 5.84. The molecule has 0 bridgehead atoms. The van der Waals surface area contributed by atoms with E-state index in [1.165, 1.54) is 6.42 Å². The molecule has 1 aliphatic rings. The molecule has 130 valence electrons. The first-order valence-corrected chi connectivity index (χ1v) is 8.86. The second-order valence-electron chi connectivity index (χ2n) is 5.55. The molecular formula is C18H21Cl2NO3. The molecule has 1 aromatic carbocycles. The standard InChI is InChI=1S/C18H21Cl2NO3/c1-2-23-18(22)14(10-13-8-9-15(19)11-17(13)20)12-24-21-16-6-4-3-5-7-16/h8-11H,2-7,12H2,1H3/b14-10+. The monoisotopic (exact) mass is 369 g/mol. The maximum Gasteiger partial charge on any atom is 0.337 e. The Labute approximate surface area is 152 Å². The van der Waals surface area contributed by atoms with E-state index in [-0.39, 0.29) is 6.61 Å². The van der Waals surface area contributed by atoms with Crippen LogP contribution in [-0.2, 0) is 14.4 Å². The summed E-state index contributed by atoms with van der Waals surface area (Å²) in [6.07, 6.45) is 7.09. The molecule has 0 unspecified atom stereocenters. The van der Waals surface area contributed by atoms with Crippen LogP contribution in [0.5, 0.6) is 0 Å². The number of hydrogen-bond donors (Lipinski definition) is 0. The fraction of sp³-hybridized carbons (Fsp3) is 0.444. The van der Waals surface area contributed by atoms with Crippen LogP contribution in [0.25, 0.3) is 6.08 Å². The molecule has 0 spiro atoms. The molecule has 1 fully saturated rings. The van der Waals surface area contributed by atoms with Gasteiger partial charge in [0.05, 0.1) is 17.9 Å². The predicted octanol–water partition coefficient (Wildman–Crippen LogP) is 5.28. The second kappa shape index (κ2) is 9.70. The van der Waals surface area contributed by atoms with Crippen molar-refractivity contribution < 1.29 is 14.4 Å². The third-order valence-corrected chi connectivity index (χ3v) is 4.24. The normalized spacial score (nSPS) is 15.1. The number of esters is 1. The summed E-state index contributed by atoms with van der Waals surface area (Å²) in [6.45, 7) is 2.09. The van der Waals surface area contributed by atoms with Crippen molar-refractivity contribution in [3.05, 3.63) is 39.4 Å². The molecule has 1 aromatic rings. The van der Waals surface area contributed by atoms with Gasteiger partial charge in [0, 0.05) is 10.0 Å². The number of carbonyl (C=O) groups excluding carboxylic acids is 1. The Morgan fingerprint density at radius 1 is 1.25 bits per heavy atom. The van der Waals surface area contributed by atoms with Crippen LogP contribution >= 0.6 is 23.2 Å². The topological polar surface area (TPSA) is 47.9 Å². The van der Waals surface area contributed by atoms with Crippen LogP contribution in [0, 0.1) is 0 Å². The highest BCUT2D eigenvalue weighted by atomic mass is 35.5. The van der Waals surface area contributed by atoms with Gasteiger partial charge in [-0.2, -0.15) is 0 Å². The zero-order chi connectivity index (χ0) is 17.4. The Balaban J connectivity index is 2.11. The van der Waals surface area contributed by atoms with Gasteiger partial charge in [0.1, 0.15) is 6.61 Å². The van der Waals surface area contributed by atoms with Crippen LogP contribution in [0.15, 0.2) is 28.9 Å². The number of halogens is 2. The Morgan fingerprint density at radius 3 is 2.67 bits per heavy atom. The summed E-state index contributed by atoms with van der Waals surface area (Å²) >= 11 is 12.1. The smallest absolute Gasteiger partial charge is 0.337 e. The van der Waals surface area contributed by atoms with Crippen molar-refractivity contribution in [1.29, 1.82) is 0 Å². The van der Waals surface area contributed by atoms with E-state index in [0.29, 0.717) is 27.8 Å². The highest BCUT2D eigenvalue weighted by Gasteiger charge is 2.14. The maximum atomic E-state index is 12.1. The molecule has 2 rings (SSSR count). The molecule has 0 radical (unpaired) electrons. The van der Waals surface area contributed by atoms with Crippen molar-refractivity contribution in [3.8, 4) is 0 Å². The van der Waals surface area contributed by atoms with Gasteiger partial charge in [-0.05, 0) is 56.4 Å². The zero-order valence-corrected chi connectivity index (χ0v) is 15.2. The minimum Gasteiger partial charge on any atom is -0.463 e. The van der Waals surface area contributed by atoms with Crippen LogP contribution < -0.4 is 0 Å². The number of benzene rings is 1. The average molecular weight is 370 g/mol. The zero-order valence-electron chi connectivity index (χ0n) is 13.7. The molecule has 1 saturated carbocycles. The van der Waals surface area contributed by atoms with E-state index >= 15 is 0 Å². The fourth-order valence-corrected chi connectivity index (χ4v) is 2.90. The van der Waals surface area contributed by atoms with Gasteiger partial charge in [-0.25, -0.2) is 4.79 Å². The molecule has 0 N–H and O–H groups in total. The van der Waals surface area contributed by atoms with E-state index in [1.807, 2.05) is 0 Å². The molecule has 0 heterocycles. The predicted molar refractivity (Wildman–Crippen MR) is 97.5 cm³/mol. The number of ether oxygens (including phenoxy) is 1. The number of nitrogens with zero attached hydrogens (tertiary/aromatic N) is 1. The molecule has 24 heavy (non-hydrogen) atoms. The SMILES string of the molecule is CCOC(=O)/C(=C/c1ccc(Cl)cc1Cl)CON=C1CCCCC1. The van der Waals surface area contributed by atoms with Crippen molar-refractivity contribution in [1.82, 2.24) is 0 Å². The lowest BCUT2D eigenvalue weighted by Crippen LogP contribution is -2.13. The Bertz CT molecular complexity index is 633. The molecule has 0 atom stereocenters. The Kier molecular flexibility index (Phi) is 7.60. The van der Waals surface area contributed by atoms with E-state index in [2.05, 4.69) is 5.16 Å². The summed E-state index contributed by atoms with van der Waals surface area (Å²) in [4.78, 5) is 17.5. The molecule has 0 saturated heterocycles. The van der Waals surface area contributed by atoms with Crippen LogP contribution in [0.3, 0.4) is 0 Å². The summed E-state index contributed by atoms with van der Waals surface area (Å²) in [6, 6.07) is 5.09. The molecule has 0 aromatic heterocycles. The number of carbonyl (C=O) groups is 1. The summed E-state index contributed by atoms with van der Waals surface area (Å²) in [5.74, 6) is -0.438. The Morgan fingerprint density at radius 2 is 2.00 bits per heavy atom. The fourth-order valence-electron chi connectivity index (χ4n) is 2.43. The van der Waals surface area contributed by atoms with Crippen LogP contribution in [0.1, 0.15) is 44.6 Å². The van der Waals surface area contributed by atoms with E-state index in [4.69, 9.17) is 32.8 Å². The van der Waals surface area contributed by atoms with E-state index < -0.39 is 5.97 Å². The summed E-state index contributed by atoms with van der Waals surface area (Å²) in [5.41, 5.74) is 2.09. The van der Waals surface area contributed by atoms with Crippen LogP contribution in [0.4, 0.5) is 0 Å². The van der Waals surface area contributed by atoms with Crippen LogP contribution in [0.2, 0.25) is 10.0 Å². The third-order valence-electron chi connectivity index (χ3n) is 3.67. The highest BCUT2D eigenvalue weighted by molar-refractivity contribution is 6.35. The highest BCUT2D eigenvalue weighted by Crippen LogP contribution is 2.23. The lowest BCUT2D eigenvalue weighted by atomic mass is 9.99. The number of oxime groups is 1. The van der Waals surface area contributed by atoms with Crippen molar-refractivity contribution in [2.24, 2.45) is 5.16 Å². The molecule has 6 heteroatoms. The van der Waals surface area contributed by atoms with Crippen molar-refractivity contribution in [2.75, 3.05) is 13.2 Å². The largest absolute Gasteiger partial charge is 0.463 e. The minimum atomic E-state index is -0.438. The molecule has 0 amide bonds. The van der Waals surface area contributed by atoms with Gasteiger partial charge in [0.2, 0.25) is 0 Å². The lowest BCUT2D eigenvalue weighted by Gasteiger charge is -2.12. The van der Waals surface area contributed by atoms with E-state index in [0.717, 1.165) is 31.4 Å². The lowest BCUT2D eigenvalue weighted by molar-refractivity contribution is -0.139. The van der Waals surface area contributed by atoms with E-state index in [9.17, 15) is 4.79 Å². The van der Waals surface area contributed by atoms with Gasteiger partial charge in [0.15, 0.2) is 0 Å². The summed E-state index contributed by atoms with van der Waals surface area (Å²) in [7, 11) is 0. The van der Waals surface area contributed by atoms with Crippen molar-refractivity contribution in [2.45, 2.75) is 39.0 Å². The molecule has 1 aliphatic carbocycles. The van der Waals surface area contributed by atoms with Crippen molar-refractivity contribution >= 4 is 41.0 Å². The van der Waals surface area contributed by atoms with Gasteiger partial charge in [-0.3, -0.25) is 0 Å². The van der Waals surface area contributed by atoms with Gasteiger partial charge in [-0.15, -0.1) is 0 Å². The summed E-state index contributed by atoms with van der Waals surface area (Å²) in [5, 5.41) is 5.16. The number of rotatable bonds is 6. The maximum absolute atomic E-state index is 12.1. The second-order valence-corrected chi connectivity index (χ2v) is 6.39. The van der Waals surface area contributed by atoms with Gasteiger partial charge in [0.25, 0.3) is 0 Å². The van der Waals surface area contributed by atoms with Gasteiger partial charge < -0.3 is 9.57 Å². The van der Waals surface area contributed by atoms with E-state index in [1.54, 1.807) is 31.2 Å². The van der Waals surface area contributed by atoms with Gasteiger partial charge >= 0.3 is 5.97 Å². The summed E-state index contributed by atoms with van der Waals surface area (Å²) < 4.78 is 5.08.